The van der Waals surface area contributed by atoms with Gasteiger partial charge in [-0.1, -0.05) is 46.3 Å². The molecule has 1 N–H and O–H groups in total. The largest absolute Gasteiger partial charge is 0.354 e. The van der Waals surface area contributed by atoms with Gasteiger partial charge in [0.15, 0.2) is 0 Å². The van der Waals surface area contributed by atoms with E-state index in [2.05, 4.69) is 45.2 Å². The van der Waals surface area contributed by atoms with Gasteiger partial charge in [-0.25, -0.2) is 4.39 Å². The van der Waals surface area contributed by atoms with Crippen LogP contribution in [-0.2, 0) is 0 Å². The number of aromatic amines is 1. The normalized spacial score (nSPS) is 11.0. The van der Waals surface area contributed by atoms with Crippen LogP contribution in [0.25, 0.3) is 33.3 Å². The van der Waals surface area contributed by atoms with Crippen molar-refractivity contribution in [3.8, 4) is 22.4 Å². The quantitative estimate of drug-likeness (QED) is 0.422. The summed E-state index contributed by atoms with van der Waals surface area (Å²) in [5, 5.41) is 1.16. The molecule has 0 bridgehead atoms. The number of nitrogens with one attached hydrogen (secondary N) is 1. The molecule has 3 aromatic carbocycles. The van der Waals surface area contributed by atoms with Crippen LogP contribution in [0.15, 0.2) is 77.3 Å². The molecule has 0 radical (unpaired) electrons. The lowest BCUT2D eigenvalue weighted by atomic mass is 9.98. The van der Waals surface area contributed by atoms with E-state index in [1.54, 1.807) is 0 Å². The molecule has 1 heterocycles. The van der Waals surface area contributed by atoms with Crippen molar-refractivity contribution < 1.29 is 4.39 Å². The molecule has 0 atom stereocenters. The Morgan fingerprint density at radius 3 is 2.13 bits per heavy atom. The lowest BCUT2D eigenvalue weighted by molar-refractivity contribution is 0.628. The molecule has 0 fully saturated rings. The fraction of sp³-hybridized carbons (Fsp3) is 0. The minimum absolute atomic E-state index is 0.227. The van der Waals surface area contributed by atoms with Crippen LogP contribution in [0.2, 0.25) is 0 Å². The molecule has 23 heavy (non-hydrogen) atoms. The summed E-state index contributed by atoms with van der Waals surface area (Å²) in [5.41, 5.74) is 5.32. The Balaban J connectivity index is 2.01. The summed E-state index contributed by atoms with van der Waals surface area (Å²) >= 11 is 3.48. The minimum Gasteiger partial charge on any atom is -0.354 e. The molecule has 0 amide bonds. The van der Waals surface area contributed by atoms with Gasteiger partial charge >= 0.3 is 0 Å². The number of rotatable bonds is 2. The average molecular weight is 366 g/mol. The molecule has 4 rings (SSSR count). The van der Waals surface area contributed by atoms with Crippen LogP contribution in [-0.4, -0.2) is 4.98 Å². The monoisotopic (exact) mass is 365 g/mol. The summed E-state index contributed by atoms with van der Waals surface area (Å²) in [6, 6.07) is 23.1. The number of hydrogen-bond donors (Lipinski definition) is 1. The predicted octanol–water partition coefficient (Wildman–Crippen LogP) is 6.40. The van der Waals surface area contributed by atoms with Gasteiger partial charge < -0.3 is 4.98 Å². The molecule has 0 spiro atoms. The summed E-state index contributed by atoms with van der Waals surface area (Å²) < 4.78 is 14.3. The number of hydrogen-bond acceptors (Lipinski definition) is 0. The van der Waals surface area contributed by atoms with E-state index in [0.29, 0.717) is 0 Å². The molecule has 0 aliphatic carbocycles. The first-order valence-corrected chi connectivity index (χ1v) is 8.14. The van der Waals surface area contributed by atoms with Crippen LogP contribution in [0.3, 0.4) is 0 Å². The van der Waals surface area contributed by atoms with Crippen molar-refractivity contribution in [3.63, 3.8) is 0 Å². The van der Waals surface area contributed by atoms with Crippen LogP contribution in [0.4, 0.5) is 4.39 Å². The lowest BCUT2D eigenvalue weighted by Crippen LogP contribution is -1.83. The highest BCUT2D eigenvalue weighted by Crippen LogP contribution is 2.38. The molecule has 1 nitrogen and oxygen atoms in total. The molecular formula is C20H13BrFN. The molecular weight excluding hydrogens is 353 g/mol. The smallest absolute Gasteiger partial charge is 0.123 e. The van der Waals surface area contributed by atoms with Gasteiger partial charge in [-0.2, -0.15) is 0 Å². The highest BCUT2D eigenvalue weighted by atomic mass is 79.9. The first kappa shape index (κ1) is 14.2. The maximum Gasteiger partial charge on any atom is 0.123 e. The zero-order chi connectivity index (χ0) is 15.8. The third kappa shape index (κ3) is 2.57. The van der Waals surface area contributed by atoms with Crippen molar-refractivity contribution in [2.75, 3.05) is 0 Å². The SMILES string of the molecule is Fc1ccc(-c2[nH]c3ccccc3c2-c2ccc(Br)cc2)cc1. The van der Waals surface area contributed by atoms with E-state index < -0.39 is 0 Å². The van der Waals surface area contributed by atoms with Crippen molar-refractivity contribution in [3.05, 3.63) is 83.1 Å². The van der Waals surface area contributed by atoms with Crippen LogP contribution in [0.5, 0.6) is 0 Å². The molecule has 3 heteroatoms. The summed E-state index contributed by atoms with van der Waals surface area (Å²) in [4.78, 5) is 3.48. The van der Waals surface area contributed by atoms with E-state index in [9.17, 15) is 4.39 Å². The second-order valence-electron chi connectivity index (χ2n) is 5.43. The minimum atomic E-state index is -0.227. The molecule has 112 valence electrons. The van der Waals surface area contributed by atoms with E-state index >= 15 is 0 Å². The van der Waals surface area contributed by atoms with E-state index in [1.807, 2.05) is 36.4 Å². The number of fused-ring (bicyclic) bond motifs is 1. The zero-order valence-electron chi connectivity index (χ0n) is 12.2. The van der Waals surface area contributed by atoms with Crippen LogP contribution in [0, 0.1) is 5.82 Å². The first-order chi connectivity index (χ1) is 11.2. The maximum absolute atomic E-state index is 13.3. The molecule has 0 unspecified atom stereocenters. The van der Waals surface area contributed by atoms with Crippen molar-refractivity contribution in [1.82, 2.24) is 4.98 Å². The summed E-state index contributed by atoms with van der Waals surface area (Å²) in [6.45, 7) is 0. The Hall–Kier alpha value is -2.39. The number of H-pyrrole nitrogens is 1. The van der Waals surface area contributed by atoms with Crippen molar-refractivity contribution in [2.45, 2.75) is 0 Å². The Morgan fingerprint density at radius 2 is 1.39 bits per heavy atom. The van der Waals surface area contributed by atoms with Crippen molar-refractivity contribution in [1.29, 1.82) is 0 Å². The van der Waals surface area contributed by atoms with E-state index in [4.69, 9.17) is 0 Å². The third-order valence-corrected chi connectivity index (χ3v) is 4.50. The van der Waals surface area contributed by atoms with Gasteiger partial charge in [0.1, 0.15) is 5.82 Å². The van der Waals surface area contributed by atoms with Gasteiger partial charge in [-0.3, -0.25) is 0 Å². The zero-order valence-corrected chi connectivity index (χ0v) is 13.8. The molecule has 0 saturated carbocycles. The Kier molecular flexibility index (Phi) is 3.50. The lowest BCUT2D eigenvalue weighted by Gasteiger charge is -2.06. The first-order valence-electron chi connectivity index (χ1n) is 7.35. The molecule has 0 aliphatic heterocycles. The Labute approximate surface area is 141 Å². The van der Waals surface area contributed by atoms with Gasteiger partial charge in [0, 0.05) is 20.9 Å². The van der Waals surface area contributed by atoms with Crippen LogP contribution in [0.1, 0.15) is 0 Å². The second kappa shape index (κ2) is 5.67. The van der Waals surface area contributed by atoms with Crippen molar-refractivity contribution in [2.24, 2.45) is 0 Å². The van der Waals surface area contributed by atoms with Crippen molar-refractivity contribution >= 4 is 26.8 Å². The highest BCUT2D eigenvalue weighted by Gasteiger charge is 2.14. The van der Waals surface area contributed by atoms with Crippen LogP contribution >= 0.6 is 15.9 Å². The molecule has 0 saturated heterocycles. The fourth-order valence-corrected chi connectivity index (χ4v) is 3.16. The van der Waals surface area contributed by atoms with E-state index in [0.717, 1.165) is 37.8 Å². The summed E-state index contributed by atoms with van der Waals surface area (Å²) in [5.74, 6) is -0.227. The van der Waals surface area contributed by atoms with E-state index in [-0.39, 0.29) is 5.82 Å². The third-order valence-electron chi connectivity index (χ3n) is 3.97. The predicted molar refractivity (Wildman–Crippen MR) is 96.8 cm³/mol. The maximum atomic E-state index is 13.3. The second-order valence-corrected chi connectivity index (χ2v) is 6.35. The standard InChI is InChI=1S/C20H13BrFN/c21-15-9-5-13(6-10-15)19-17-3-1-2-4-18(17)23-20(19)14-7-11-16(22)12-8-14/h1-12,23H. The number of aromatic nitrogens is 1. The molecule has 4 aromatic rings. The van der Waals surface area contributed by atoms with Gasteiger partial charge in [-0.05, 0) is 53.6 Å². The Bertz CT molecular complexity index is 969. The fourth-order valence-electron chi connectivity index (χ4n) is 2.89. The molecule has 0 aliphatic rings. The average Bonchev–Trinajstić information content (AvgIpc) is 2.96. The summed E-state index contributed by atoms with van der Waals surface area (Å²) in [6.07, 6.45) is 0. The number of para-hydroxylation sites is 1. The van der Waals surface area contributed by atoms with E-state index in [1.165, 1.54) is 12.1 Å². The van der Waals surface area contributed by atoms with Gasteiger partial charge in [0.25, 0.3) is 0 Å². The Morgan fingerprint density at radius 1 is 0.739 bits per heavy atom. The number of benzene rings is 3. The molecule has 1 aromatic heterocycles. The number of halogens is 2. The van der Waals surface area contributed by atoms with Gasteiger partial charge in [0.2, 0.25) is 0 Å². The van der Waals surface area contributed by atoms with Gasteiger partial charge in [-0.15, -0.1) is 0 Å². The van der Waals surface area contributed by atoms with Crippen LogP contribution < -0.4 is 0 Å². The summed E-state index contributed by atoms with van der Waals surface area (Å²) in [7, 11) is 0. The van der Waals surface area contributed by atoms with Gasteiger partial charge in [0.05, 0.1) is 5.69 Å². The highest BCUT2D eigenvalue weighted by molar-refractivity contribution is 9.10. The topological polar surface area (TPSA) is 15.8 Å².